The van der Waals surface area contributed by atoms with E-state index in [1.165, 1.54) is 56.1 Å². The molecule has 0 bridgehead atoms. The molecule has 0 saturated carbocycles. The van der Waals surface area contributed by atoms with Gasteiger partial charge >= 0.3 is 0 Å². The Morgan fingerprint density at radius 1 is 0.629 bits per heavy atom. The Hall–Kier alpha value is -8.02. The van der Waals surface area contributed by atoms with Crippen molar-refractivity contribution in [3.8, 4) is 11.1 Å². The monoisotopic (exact) mass is 915 g/mol. The number of anilines is 1. The summed E-state index contributed by atoms with van der Waals surface area (Å²) < 4.78 is 0. The van der Waals surface area contributed by atoms with E-state index in [-0.39, 0.29) is 6.04 Å². The first kappa shape index (κ1) is 49.9. The maximum atomic E-state index is 6.98. The number of aryl methyl sites for hydroxylation is 1. The number of hydrogen-bond donors (Lipinski definition) is 3. The van der Waals surface area contributed by atoms with Crippen molar-refractivity contribution >= 4 is 28.1 Å². The predicted octanol–water partition coefficient (Wildman–Crippen LogP) is 15.4. The third-order valence-corrected chi connectivity index (χ3v) is 12.9. The molecule has 2 unspecified atom stereocenters. The third-order valence-electron chi connectivity index (χ3n) is 12.9. The lowest BCUT2D eigenvalue weighted by Crippen LogP contribution is -2.30. The highest BCUT2D eigenvalue weighted by molar-refractivity contribution is 5.91. The van der Waals surface area contributed by atoms with Crippen LogP contribution in [0.5, 0.6) is 0 Å². The Morgan fingerprint density at radius 3 is 2.09 bits per heavy atom. The van der Waals surface area contributed by atoms with Gasteiger partial charge in [-0.25, -0.2) is 5.01 Å². The lowest BCUT2D eigenvalue weighted by Gasteiger charge is -2.36. The summed E-state index contributed by atoms with van der Waals surface area (Å²) in [4.78, 5) is 0. The number of nitrogens with two attached hydrogens (primary N) is 3. The maximum Gasteiger partial charge on any atom is 0.0739 e. The van der Waals surface area contributed by atoms with Gasteiger partial charge in [0, 0.05) is 18.8 Å². The van der Waals surface area contributed by atoms with Crippen molar-refractivity contribution in [1.29, 1.82) is 0 Å². The van der Waals surface area contributed by atoms with E-state index in [4.69, 9.17) is 17.3 Å². The molecule has 0 spiro atoms. The number of nitrogen functional groups attached to an aromatic ring is 1. The van der Waals surface area contributed by atoms with Crippen LogP contribution in [0.25, 0.3) is 33.5 Å². The van der Waals surface area contributed by atoms with Gasteiger partial charge in [-0.15, -0.1) is 0 Å². The molecule has 70 heavy (non-hydrogen) atoms. The zero-order valence-electron chi connectivity index (χ0n) is 40.8. The van der Waals surface area contributed by atoms with E-state index in [2.05, 4.69) is 227 Å². The highest BCUT2D eigenvalue weighted by Gasteiger charge is 2.48. The van der Waals surface area contributed by atoms with Crippen LogP contribution < -0.4 is 17.3 Å². The molecule has 7 aromatic carbocycles. The summed E-state index contributed by atoms with van der Waals surface area (Å²) in [7, 11) is 1.91. The Morgan fingerprint density at radius 2 is 1.30 bits per heavy atom. The van der Waals surface area contributed by atoms with E-state index in [9.17, 15) is 0 Å². The van der Waals surface area contributed by atoms with Gasteiger partial charge in [0.05, 0.1) is 5.41 Å². The number of rotatable bonds is 17. The van der Waals surface area contributed by atoms with Crippen LogP contribution in [0, 0.1) is 0 Å². The molecule has 4 heteroatoms. The van der Waals surface area contributed by atoms with Crippen molar-refractivity contribution < 1.29 is 0 Å². The van der Waals surface area contributed by atoms with Gasteiger partial charge in [-0.3, -0.25) is 5.84 Å². The third kappa shape index (κ3) is 11.6. The van der Waals surface area contributed by atoms with Crippen molar-refractivity contribution in [2.45, 2.75) is 44.6 Å². The minimum atomic E-state index is -0.680. The minimum absolute atomic E-state index is 0.290. The highest BCUT2D eigenvalue weighted by Crippen LogP contribution is 2.58. The normalized spacial score (nSPS) is 15.3. The number of hydrazine groups is 1. The van der Waals surface area contributed by atoms with Crippen LogP contribution in [0.1, 0.15) is 76.4 Å². The molecule has 2 atom stereocenters. The van der Waals surface area contributed by atoms with E-state index in [1.807, 2.05) is 43.5 Å². The topological polar surface area (TPSA) is 81.3 Å². The summed E-state index contributed by atoms with van der Waals surface area (Å²) in [6.45, 7) is 8.17. The van der Waals surface area contributed by atoms with Crippen LogP contribution >= 0.6 is 0 Å². The second-order valence-corrected chi connectivity index (χ2v) is 17.5. The van der Waals surface area contributed by atoms with E-state index >= 15 is 0 Å². The van der Waals surface area contributed by atoms with E-state index in [1.54, 1.807) is 17.3 Å². The minimum Gasteiger partial charge on any atom is -0.405 e. The van der Waals surface area contributed by atoms with Crippen LogP contribution in [-0.2, 0) is 18.3 Å². The molecule has 0 aliphatic heterocycles. The lowest BCUT2D eigenvalue weighted by atomic mass is 9.65. The van der Waals surface area contributed by atoms with Gasteiger partial charge in [0.25, 0.3) is 0 Å². The quantitative estimate of drug-likeness (QED) is 0.0368. The second-order valence-electron chi connectivity index (χ2n) is 17.5. The zero-order chi connectivity index (χ0) is 49.1. The fourth-order valence-corrected chi connectivity index (χ4v) is 9.44. The van der Waals surface area contributed by atoms with Gasteiger partial charge in [0.2, 0.25) is 0 Å². The molecule has 0 saturated heterocycles. The Kier molecular flexibility index (Phi) is 17.7. The number of fused-ring (bicyclic) bond motifs is 4. The molecule has 1 aliphatic carbocycles. The maximum absolute atomic E-state index is 6.98. The van der Waals surface area contributed by atoms with E-state index in [0.29, 0.717) is 0 Å². The zero-order valence-corrected chi connectivity index (χ0v) is 40.8. The first-order valence-electron chi connectivity index (χ1n) is 24.2. The summed E-state index contributed by atoms with van der Waals surface area (Å²) in [5.74, 6) is 5.77. The van der Waals surface area contributed by atoms with E-state index < -0.39 is 5.41 Å². The number of allylic oxidation sites excluding steroid dienone is 15. The molecule has 4 nitrogen and oxygen atoms in total. The second kappa shape index (κ2) is 24.8. The largest absolute Gasteiger partial charge is 0.405 e. The standard InChI is InChI=1S/C54H46N2.C12H20N2/c1-2-3-4-10-26-44-27-14-16-30-49(44)54(51-32-18-19-33-53(51)56)50-31-17-15-29-47(50)48-37-36-46(40-52(48)54)42(25-20-21-38-55)23-11-8-6-5-7-9-22-41-34-35-43-24-12-13-28-45(43)39-41;1-4-7-11-8-5-6-9-12(11)10(2)14(3)13/h2-21,23-40H,1,22,55-56H2;5-6,8-10H,4,7,13H2,1-3H3/b4-3-,6-5-,9-7+,11-8-,25-20+,26-10-,38-21+,42-23+;. The summed E-state index contributed by atoms with van der Waals surface area (Å²) in [5, 5.41) is 4.30. The summed E-state index contributed by atoms with van der Waals surface area (Å²) in [6, 6.07) is 56.5. The molecule has 0 fully saturated rings. The molecule has 350 valence electrons. The molecule has 6 N–H and O–H groups in total. The first-order chi connectivity index (χ1) is 34.3. The molecule has 0 amide bonds. The van der Waals surface area contributed by atoms with Crippen molar-refractivity contribution in [3.05, 3.63) is 306 Å². The summed E-state index contributed by atoms with van der Waals surface area (Å²) in [5.41, 5.74) is 27.1. The molecule has 7 aromatic rings. The van der Waals surface area contributed by atoms with Crippen LogP contribution in [0.15, 0.2) is 256 Å². The predicted molar refractivity (Wildman–Crippen MR) is 303 cm³/mol. The SMILES string of the molecule is C=C/C=C\C=C/c1ccccc1C1(c2ccccc2N)c2ccccc2-c2ccc(C(/C=C/C=C/N)=C/C=C\C=C/C=C/Cc3ccc4ccccc4c3)cc21.CCCc1ccccc1C(C)N(C)N. The van der Waals surface area contributed by atoms with E-state index in [0.717, 1.165) is 46.4 Å². The molecular formula is C66H66N4. The number of para-hydroxylation sites is 1. The average molecular weight is 915 g/mol. The molecular weight excluding hydrogens is 849 g/mol. The van der Waals surface area contributed by atoms with Gasteiger partial charge in [-0.2, -0.15) is 0 Å². The highest BCUT2D eigenvalue weighted by atomic mass is 15.4. The molecule has 8 rings (SSSR count). The van der Waals surface area contributed by atoms with Crippen LogP contribution in [0.4, 0.5) is 5.69 Å². The Bertz CT molecular complexity index is 3130. The number of benzene rings is 7. The van der Waals surface area contributed by atoms with Crippen molar-refractivity contribution in [2.24, 2.45) is 11.6 Å². The lowest BCUT2D eigenvalue weighted by molar-refractivity contribution is 0.269. The summed E-state index contributed by atoms with van der Waals surface area (Å²) >= 11 is 0. The van der Waals surface area contributed by atoms with Crippen LogP contribution in [0.2, 0.25) is 0 Å². The molecule has 0 radical (unpaired) electrons. The Labute approximate surface area is 416 Å². The van der Waals surface area contributed by atoms with Gasteiger partial charge in [-0.05, 0) is 122 Å². The van der Waals surface area contributed by atoms with Crippen LogP contribution in [0.3, 0.4) is 0 Å². The smallest absolute Gasteiger partial charge is 0.0739 e. The Balaban J connectivity index is 0.000000444. The molecule has 0 aromatic heterocycles. The van der Waals surface area contributed by atoms with Gasteiger partial charge < -0.3 is 11.5 Å². The van der Waals surface area contributed by atoms with Crippen molar-refractivity contribution in [3.63, 3.8) is 0 Å². The fraction of sp³-hybridized carbons (Fsp3) is 0.121. The first-order valence-corrected chi connectivity index (χ1v) is 24.2. The molecule has 1 aliphatic rings. The summed E-state index contributed by atoms with van der Waals surface area (Å²) in [6.07, 6.45) is 35.4. The van der Waals surface area contributed by atoms with Crippen molar-refractivity contribution in [2.75, 3.05) is 12.8 Å². The molecule has 0 heterocycles. The van der Waals surface area contributed by atoms with Gasteiger partial charge in [0.1, 0.15) is 0 Å². The van der Waals surface area contributed by atoms with Gasteiger partial charge in [0.15, 0.2) is 0 Å². The fourth-order valence-electron chi connectivity index (χ4n) is 9.44. The van der Waals surface area contributed by atoms with Gasteiger partial charge in [-0.1, -0.05) is 251 Å². The number of nitrogens with zero attached hydrogens (tertiary/aromatic N) is 1. The van der Waals surface area contributed by atoms with Crippen LogP contribution in [-0.4, -0.2) is 12.1 Å². The number of hydrogen-bond acceptors (Lipinski definition) is 4. The average Bonchev–Trinajstić information content (AvgIpc) is 3.68. The van der Waals surface area contributed by atoms with Crippen molar-refractivity contribution in [1.82, 2.24) is 5.01 Å².